The summed E-state index contributed by atoms with van der Waals surface area (Å²) in [5.74, 6) is 0. The van der Waals surface area contributed by atoms with Gasteiger partial charge in [0.1, 0.15) is 0 Å². The number of rotatable bonds is 17. The van der Waals surface area contributed by atoms with Crippen molar-refractivity contribution in [2.75, 3.05) is 0 Å². The fourth-order valence-corrected chi connectivity index (χ4v) is 28.2. The average molecular weight is 2020 g/mol. The molecule has 6 nitrogen and oxygen atoms in total. The van der Waals surface area contributed by atoms with Gasteiger partial charge in [-0.25, -0.2) is 0 Å². The van der Waals surface area contributed by atoms with Crippen LogP contribution in [0.4, 0.5) is 0 Å². The lowest BCUT2D eigenvalue weighted by molar-refractivity contribution is 0.646. The smallest absolute Gasteiger partial charge is 0.0539 e. The molecule has 15 aromatic carbocycles. The van der Waals surface area contributed by atoms with Crippen molar-refractivity contribution < 1.29 is 0 Å². The Hall–Kier alpha value is -13.8. The molecule has 0 aliphatic heterocycles. The minimum atomic E-state index is -0.582. The molecule has 0 spiro atoms. The van der Waals surface area contributed by atoms with Crippen LogP contribution in [0.5, 0.6) is 0 Å². The Bertz CT molecular complexity index is 8660. The lowest BCUT2D eigenvalue weighted by atomic mass is 9.81. The maximum absolute atomic E-state index is 3.68. The lowest BCUT2D eigenvalue weighted by Gasteiger charge is -2.21. The molecule has 0 saturated carbocycles. The highest BCUT2D eigenvalue weighted by atomic mass is 79.9. The highest BCUT2D eigenvalue weighted by Crippen LogP contribution is 2.60. The molecule has 8 heteroatoms. The van der Waals surface area contributed by atoms with Gasteiger partial charge < -0.3 is 27.4 Å². The Balaban J connectivity index is 0.000000101. The van der Waals surface area contributed by atoms with Crippen molar-refractivity contribution in [1.29, 1.82) is 0 Å². The van der Waals surface area contributed by atoms with Crippen LogP contribution in [0.2, 0.25) is 19.1 Å². The molecule has 744 valence electrons. The van der Waals surface area contributed by atoms with Crippen LogP contribution in [-0.4, -0.2) is 36.2 Å². The third-order valence-corrected chi connectivity index (χ3v) is 36.0. The zero-order valence-electron chi connectivity index (χ0n) is 90.4. The molecular formula is C140H143BrN6Si. The number of nitrogens with zero attached hydrogens (tertiary/aromatic N) is 6. The number of unbranched alkanes of at least 4 members (excludes halogenated alkanes) is 1. The fourth-order valence-electron chi connectivity index (χ4n) is 27.1. The van der Waals surface area contributed by atoms with Gasteiger partial charge in [-0.2, -0.15) is 0 Å². The summed E-state index contributed by atoms with van der Waals surface area (Å²) in [7, 11) is -0.582. The van der Waals surface area contributed by atoms with Crippen LogP contribution in [-0.2, 0) is 84.6 Å². The summed E-state index contributed by atoms with van der Waals surface area (Å²) in [5.41, 5.74) is 51.6. The highest BCUT2D eigenvalue weighted by Gasteiger charge is 2.47. The van der Waals surface area contributed by atoms with Gasteiger partial charge in [0.15, 0.2) is 0 Å². The first kappa shape index (κ1) is 98.9. The third-order valence-electron chi connectivity index (χ3n) is 34.1. The van der Waals surface area contributed by atoms with E-state index in [1.807, 2.05) is 0 Å². The van der Waals surface area contributed by atoms with Crippen LogP contribution >= 0.6 is 15.9 Å². The molecule has 0 radical (unpaired) electrons. The molecule has 0 fully saturated rings. The number of halogens is 1. The molecular weight excluding hydrogens is 1870 g/mol. The van der Waals surface area contributed by atoms with Gasteiger partial charge in [-0.05, 0) is 216 Å². The largest absolute Gasteiger partial charge is 0.341 e. The summed E-state index contributed by atoms with van der Waals surface area (Å²) in [4.78, 5) is 0. The van der Waals surface area contributed by atoms with Crippen molar-refractivity contribution in [3.05, 3.63) is 463 Å². The first-order chi connectivity index (χ1) is 71.4. The van der Waals surface area contributed by atoms with Gasteiger partial charge in [0.25, 0.3) is 0 Å². The second-order valence-corrected chi connectivity index (χ2v) is 50.5. The number of aromatic nitrogens is 6. The normalized spacial score (nSPS) is 14.7. The molecule has 0 unspecified atom stereocenters. The molecule has 21 aromatic rings. The van der Waals surface area contributed by atoms with Gasteiger partial charge in [-0.1, -0.05) is 433 Å². The fraction of sp³-hybridized carbons (Fsp3) is 0.271. The zero-order valence-corrected chi connectivity index (χ0v) is 93.1. The van der Waals surface area contributed by atoms with Gasteiger partial charge in [0, 0.05) is 184 Å². The van der Waals surface area contributed by atoms with E-state index in [0.717, 1.165) is 65.0 Å². The number of benzene rings is 15. The summed E-state index contributed by atoms with van der Waals surface area (Å²) >= 11 is 3.68. The van der Waals surface area contributed by atoms with E-state index in [2.05, 4.69) is 532 Å². The average Bonchev–Trinajstić information content (AvgIpc) is 1.53. The minimum absolute atomic E-state index is 0.0277. The standard InChI is InChI=1S/C27H27N.C26H25N.C25H23N.C21H24BrNSi.C21H23N.C20H21N/c1-19-15-16-24-22(18-19)25-26(21-13-7-8-14-23(21)27(25,2)3)28(24)17-9-12-20-10-5-4-6-11-20;1-26(2)22-16-8-6-14-20(22)25-24(26)21-15-7-9-17-23(21)27(25)18-10-13-19-11-4-3-5-12-19;1-17-13-14-22-20(15-17)23-24(26(22)16-18-9-5-4-6-10-18)19-11-7-8-12-21(19)25(23,2)3;1-21(2)17-8-6-5-7-15(17)20-19(21)16-13-14(22)9-10-18(16)23(20)11-12-24(3)4;1-4-5-14-22-18-13-9-7-11-16(18)19-20(22)15-10-6-8-12-17(15)21(19,2)3;1-5-21-17-11-10-13(2)12-15(17)18-19(21)14-8-6-7-9-16(14)20(18,3)4/h4-8,10-11,13-16,18H,9,12,17H2,1-3H3;3-9,11-12,14-17H,10,13,18H2,1-2H3;4-15H,16H2,1-3H3;5-10,13,24H,11-12H2,1-4H3;6-13H,4-5,14H2,1-3H3;6-12H,5H2,1-4H3. The number of para-hydroxylation sites is 2. The van der Waals surface area contributed by atoms with E-state index in [9.17, 15) is 0 Å². The zero-order chi connectivity index (χ0) is 103. The Labute approximate surface area is 888 Å². The summed E-state index contributed by atoms with van der Waals surface area (Å²) in [6.45, 7) is 50.7. The second-order valence-electron chi connectivity index (χ2n) is 46.3. The number of aryl methyl sites for hydroxylation is 10. The van der Waals surface area contributed by atoms with Crippen molar-refractivity contribution in [3.8, 4) is 67.5 Å². The molecule has 0 bridgehead atoms. The van der Waals surface area contributed by atoms with Crippen LogP contribution in [0.25, 0.3) is 133 Å². The molecule has 0 atom stereocenters. The Morgan fingerprint density at radius 2 is 0.486 bits per heavy atom. The number of hydrogen-bond acceptors (Lipinski definition) is 0. The van der Waals surface area contributed by atoms with Gasteiger partial charge in [-0.15, -0.1) is 0 Å². The second kappa shape index (κ2) is 39.1. The van der Waals surface area contributed by atoms with Gasteiger partial charge in [0.05, 0.1) is 34.2 Å². The van der Waals surface area contributed by atoms with Crippen molar-refractivity contribution in [2.45, 2.75) is 247 Å². The molecule has 148 heavy (non-hydrogen) atoms. The minimum Gasteiger partial charge on any atom is -0.341 e. The van der Waals surface area contributed by atoms with Crippen LogP contribution in [0.1, 0.15) is 223 Å². The number of fused-ring (bicyclic) bond motifs is 30. The molecule has 6 aromatic heterocycles. The van der Waals surface area contributed by atoms with Crippen molar-refractivity contribution in [2.24, 2.45) is 0 Å². The Kier molecular flexibility index (Phi) is 26.1. The first-order valence-electron chi connectivity index (χ1n) is 54.6. The Morgan fingerprint density at radius 1 is 0.236 bits per heavy atom. The van der Waals surface area contributed by atoms with E-state index in [1.165, 1.54) is 256 Å². The van der Waals surface area contributed by atoms with Gasteiger partial charge >= 0.3 is 0 Å². The molecule has 0 amide bonds. The monoisotopic (exact) mass is 2020 g/mol. The van der Waals surface area contributed by atoms with Crippen molar-refractivity contribution in [3.63, 3.8) is 0 Å². The van der Waals surface area contributed by atoms with Crippen molar-refractivity contribution >= 4 is 90.1 Å². The predicted octanol–water partition coefficient (Wildman–Crippen LogP) is 37.0. The SMILES string of the molecule is CC1(C)c2ccccc2-c2c1c1ccccc1n2CCCc1ccccc1.CCCCn1c2c(c3ccccc31)C(C)(C)c1ccccc1-2.CCn1c2c(c3cc(C)ccc31)C(C)(C)c1ccccc1-2.C[SiH](C)CCn1c2c(c3cc(Br)ccc31)C(C)(C)c1ccccc1-2.Cc1ccc2c(c1)c1c(n2CCCc2ccccc2)-c2ccccc2C1(C)C.Cc1ccc2c(c1)c1c(n2Cc2ccccc2)-c2ccccc2C1(C)C. The quantitative estimate of drug-likeness (QED) is 0.0814. The van der Waals surface area contributed by atoms with E-state index < -0.39 is 8.80 Å². The molecule has 6 heterocycles. The summed E-state index contributed by atoms with van der Waals surface area (Å²) in [6, 6.07) is 133. The number of hydrogen-bond donors (Lipinski definition) is 0. The molecule has 27 rings (SSSR count). The first-order valence-corrected chi connectivity index (χ1v) is 58.5. The third kappa shape index (κ3) is 16.7. The van der Waals surface area contributed by atoms with Crippen LogP contribution in [0, 0.1) is 20.8 Å². The topological polar surface area (TPSA) is 29.6 Å². The molecule has 6 aliphatic rings. The summed E-state index contributed by atoms with van der Waals surface area (Å²) < 4.78 is 16.5. The Morgan fingerprint density at radius 3 is 0.818 bits per heavy atom. The predicted molar refractivity (Wildman–Crippen MR) is 638 cm³/mol. The molecule has 6 aliphatic carbocycles. The highest BCUT2D eigenvalue weighted by molar-refractivity contribution is 9.10. The molecule has 0 N–H and O–H groups in total. The molecule has 0 saturated heterocycles. The van der Waals surface area contributed by atoms with E-state index in [4.69, 9.17) is 0 Å². The van der Waals surface area contributed by atoms with Crippen molar-refractivity contribution in [1.82, 2.24) is 27.4 Å². The van der Waals surface area contributed by atoms with E-state index >= 15 is 0 Å². The van der Waals surface area contributed by atoms with Gasteiger partial charge in [0.2, 0.25) is 0 Å². The lowest BCUT2D eigenvalue weighted by Crippen LogP contribution is -2.14. The van der Waals surface area contributed by atoms with E-state index in [-0.39, 0.29) is 32.5 Å². The summed E-state index contributed by atoms with van der Waals surface area (Å²) in [5, 5.41) is 8.50. The maximum Gasteiger partial charge on any atom is 0.0539 e. The maximum atomic E-state index is 3.68. The van der Waals surface area contributed by atoms with Crippen LogP contribution < -0.4 is 0 Å². The van der Waals surface area contributed by atoms with Crippen LogP contribution in [0.3, 0.4) is 0 Å². The van der Waals surface area contributed by atoms with Crippen LogP contribution in [0.15, 0.2) is 362 Å². The summed E-state index contributed by atoms with van der Waals surface area (Å²) in [6.07, 6.45) is 6.99. The van der Waals surface area contributed by atoms with E-state index in [1.54, 1.807) is 0 Å². The van der Waals surface area contributed by atoms with Gasteiger partial charge in [-0.3, -0.25) is 0 Å². The van der Waals surface area contributed by atoms with E-state index in [0.29, 0.717) is 0 Å².